The minimum atomic E-state index is 0.382. The van der Waals surface area contributed by atoms with Crippen LogP contribution in [0.3, 0.4) is 0 Å². The molecule has 1 N–H and O–H groups in total. The van der Waals surface area contributed by atoms with Crippen molar-refractivity contribution in [3.05, 3.63) is 42.5 Å². The van der Waals surface area contributed by atoms with Crippen LogP contribution in [0.5, 0.6) is 0 Å². The normalized spacial score (nSPS) is 12.2. The van der Waals surface area contributed by atoms with E-state index in [9.17, 15) is 0 Å². The molecule has 0 heterocycles. The number of hydrogen-bond donors (Lipinski definition) is 1. The summed E-state index contributed by atoms with van der Waals surface area (Å²) in [5, 5.41) is 3.30. The molecule has 0 saturated heterocycles. The molecule has 2 nitrogen and oxygen atoms in total. The number of nitrogens with zero attached hydrogens (tertiary/aromatic N) is 1. The third-order valence-corrected chi connectivity index (χ3v) is 3.15. The molecule has 2 heteroatoms. The highest BCUT2D eigenvalue weighted by Gasteiger charge is 2.10. The van der Waals surface area contributed by atoms with Gasteiger partial charge in [0.1, 0.15) is 0 Å². The van der Waals surface area contributed by atoms with E-state index in [1.165, 1.54) is 11.3 Å². The first-order chi connectivity index (χ1) is 8.20. The van der Waals surface area contributed by atoms with Crippen LogP contribution >= 0.6 is 0 Å². The third-order valence-electron chi connectivity index (χ3n) is 3.15. The minimum absolute atomic E-state index is 0.382. The van der Waals surface area contributed by atoms with E-state index in [0.717, 1.165) is 19.4 Å². The van der Waals surface area contributed by atoms with E-state index in [-0.39, 0.29) is 0 Å². The summed E-state index contributed by atoms with van der Waals surface area (Å²) >= 11 is 0. The number of rotatable bonds is 7. The highest BCUT2D eigenvalue weighted by Crippen LogP contribution is 2.25. The molecule has 1 aromatic rings. The molecule has 0 spiro atoms. The standard InChI is InChI=1S/C15H24N2/c1-5-6-9-12-17(4)15-11-8-7-10-14(15)13(2)16-3/h5,7-8,10-11,13,16H,1,6,9,12H2,2-4H3. The SMILES string of the molecule is C=CCCCN(C)c1ccccc1C(C)NC. The lowest BCUT2D eigenvalue weighted by molar-refractivity contribution is 0.648. The minimum Gasteiger partial charge on any atom is -0.374 e. The van der Waals surface area contributed by atoms with Gasteiger partial charge >= 0.3 is 0 Å². The summed E-state index contributed by atoms with van der Waals surface area (Å²) < 4.78 is 0. The Morgan fingerprint density at radius 2 is 2.12 bits per heavy atom. The van der Waals surface area contributed by atoms with Crippen molar-refractivity contribution in [3.63, 3.8) is 0 Å². The van der Waals surface area contributed by atoms with Gasteiger partial charge in [0, 0.05) is 25.3 Å². The molecule has 0 aliphatic heterocycles. The maximum absolute atomic E-state index is 3.76. The fraction of sp³-hybridized carbons (Fsp3) is 0.467. The zero-order valence-electron chi connectivity index (χ0n) is 11.2. The fourth-order valence-electron chi connectivity index (χ4n) is 1.95. The molecule has 1 unspecified atom stereocenters. The molecule has 17 heavy (non-hydrogen) atoms. The first-order valence-electron chi connectivity index (χ1n) is 6.29. The first kappa shape index (κ1) is 13.8. The second-order valence-corrected chi connectivity index (χ2v) is 4.42. The van der Waals surface area contributed by atoms with E-state index in [1.54, 1.807) is 0 Å². The van der Waals surface area contributed by atoms with Gasteiger partial charge in [-0.3, -0.25) is 0 Å². The summed E-state index contributed by atoms with van der Waals surface area (Å²) in [6, 6.07) is 8.97. The molecule has 0 saturated carbocycles. The summed E-state index contributed by atoms with van der Waals surface area (Å²) in [6.07, 6.45) is 4.21. The van der Waals surface area contributed by atoms with E-state index in [1.807, 2.05) is 13.1 Å². The van der Waals surface area contributed by atoms with Crippen molar-refractivity contribution >= 4 is 5.69 Å². The van der Waals surface area contributed by atoms with Crippen molar-refractivity contribution in [2.45, 2.75) is 25.8 Å². The van der Waals surface area contributed by atoms with Crippen molar-refractivity contribution in [1.29, 1.82) is 0 Å². The smallest absolute Gasteiger partial charge is 0.0412 e. The second kappa shape index (κ2) is 7.13. The molecule has 0 aliphatic rings. The number of para-hydroxylation sites is 1. The first-order valence-corrected chi connectivity index (χ1v) is 6.29. The van der Waals surface area contributed by atoms with Crippen LogP contribution in [-0.4, -0.2) is 20.6 Å². The lowest BCUT2D eigenvalue weighted by Gasteiger charge is -2.24. The van der Waals surface area contributed by atoms with Crippen LogP contribution in [0.2, 0.25) is 0 Å². The Bertz CT molecular complexity index is 347. The van der Waals surface area contributed by atoms with Gasteiger partial charge in [-0.15, -0.1) is 6.58 Å². The molecule has 0 bridgehead atoms. The van der Waals surface area contributed by atoms with Crippen molar-refractivity contribution in [3.8, 4) is 0 Å². The molecule has 1 atom stereocenters. The molecule has 1 rings (SSSR count). The summed E-state index contributed by atoms with van der Waals surface area (Å²) in [6.45, 7) is 7.02. The lowest BCUT2D eigenvalue weighted by atomic mass is 10.1. The number of nitrogens with one attached hydrogen (secondary N) is 1. The zero-order valence-corrected chi connectivity index (χ0v) is 11.2. The maximum Gasteiger partial charge on any atom is 0.0412 e. The Labute approximate surface area is 105 Å². The summed E-state index contributed by atoms with van der Waals surface area (Å²) in [4.78, 5) is 2.33. The topological polar surface area (TPSA) is 15.3 Å². The lowest BCUT2D eigenvalue weighted by Crippen LogP contribution is -2.22. The van der Waals surface area contributed by atoms with E-state index in [2.05, 4.69) is 55.0 Å². The van der Waals surface area contributed by atoms with E-state index >= 15 is 0 Å². The van der Waals surface area contributed by atoms with Gasteiger partial charge in [-0.1, -0.05) is 24.3 Å². The summed E-state index contributed by atoms with van der Waals surface area (Å²) in [5.41, 5.74) is 2.68. The van der Waals surface area contributed by atoms with Gasteiger partial charge < -0.3 is 10.2 Å². The quantitative estimate of drug-likeness (QED) is 0.573. The van der Waals surface area contributed by atoms with Gasteiger partial charge in [0.2, 0.25) is 0 Å². The van der Waals surface area contributed by atoms with Crippen molar-refractivity contribution in [1.82, 2.24) is 5.32 Å². The second-order valence-electron chi connectivity index (χ2n) is 4.42. The monoisotopic (exact) mass is 232 g/mol. The van der Waals surface area contributed by atoms with Crippen LogP contribution in [0.4, 0.5) is 5.69 Å². The number of unbranched alkanes of at least 4 members (excludes halogenated alkanes) is 1. The maximum atomic E-state index is 3.76. The number of hydrogen-bond acceptors (Lipinski definition) is 2. The average molecular weight is 232 g/mol. The third kappa shape index (κ3) is 3.90. The van der Waals surface area contributed by atoms with Crippen LogP contribution in [0.15, 0.2) is 36.9 Å². The molecule has 0 aliphatic carbocycles. The predicted molar refractivity (Wildman–Crippen MR) is 76.6 cm³/mol. The zero-order chi connectivity index (χ0) is 12.7. The Morgan fingerprint density at radius 3 is 2.76 bits per heavy atom. The van der Waals surface area contributed by atoms with Crippen LogP contribution < -0.4 is 10.2 Å². The molecule has 0 amide bonds. The summed E-state index contributed by atoms with van der Waals surface area (Å²) in [7, 11) is 4.16. The molecule has 0 radical (unpaired) electrons. The molecule has 0 fully saturated rings. The highest BCUT2D eigenvalue weighted by atomic mass is 15.1. The Morgan fingerprint density at radius 1 is 1.41 bits per heavy atom. The highest BCUT2D eigenvalue weighted by molar-refractivity contribution is 5.54. The van der Waals surface area contributed by atoms with Gasteiger partial charge in [0.05, 0.1) is 0 Å². The van der Waals surface area contributed by atoms with E-state index in [4.69, 9.17) is 0 Å². The Balaban J connectivity index is 2.77. The number of benzene rings is 1. The molecular formula is C15H24N2. The predicted octanol–water partition coefficient (Wildman–Crippen LogP) is 3.37. The van der Waals surface area contributed by atoms with Gasteiger partial charge in [0.15, 0.2) is 0 Å². The number of allylic oxidation sites excluding steroid dienone is 1. The Hall–Kier alpha value is -1.28. The molecule has 1 aromatic carbocycles. The van der Waals surface area contributed by atoms with Crippen molar-refractivity contribution in [2.75, 3.05) is 25.5 Å². The van der Waals surface area contributed by atoms with Gasteiger partial charge in [0.25, 0.3) is 0 Å². The average Bonchev–Trinajstić information content (AvgIpc) is 2.38. The Kier molecular flexibility index (Phi) is 5.78. The summed E-state index contributed by atoms with van der Waals surface area (Å²) in [5.74, 6) is 0. The fourth-order valence-corrected chi connectivity index (χ4v) is 1.95. The van der Waals surface area contributed by atoms with Crippen molar-refractivity contribution in [2.24, 2.45) is 0 Å². The van der Waals surface area contributed by atoms with Crippen LogP contribution in [-0.2, 0) is 0 Å². The van der Waals surface area contributed by atoms with E-state index in [0.29, 0.717) is 6.04 Å². The largest absolute Gasteiger partial charge is 0.374 e. The van der Waals surface area contributed by atoms with Gasteiger partial charge in [-0.05, 0) is 38.4 Å². The number of anilines is 1. The van der Waals surface area contributed by atoms with E-state index < -0.39 is 0 Å². The molecule has 94 valence electrons. The van der Waals surface area contributed by atoms with Crippen molar-refractivity contribution < 1.29 is 0 Å². The van der Waals surface area contributed by atoms with Crippen LogP contribution in [0.1, 0.15) is 31.4 Å². The van der Waals surface area contributed by atoms with Gasteiger partial charge in [-0.2, -0.15) is 0 Å². The van der Waals surface area contributed by atoms with Crippen LogP contribution in [0, 0.1) is 0 Å². The molecular weight excluding hydrogens is 208 g/mol. The van der Waals surface area contributed by atoms with Gasteiger partial charge in [-0.25, -0.2) is 0 Å². The molecule has 0 aromatic heterocycles. The van der Waals surface area contributed by atoms with Crippen LogP contribution in [0.25, 0.3) is 0 Å².